The third-order valence-electron chi connectivity index (χ3n) is 18.5. The fourth-order valence-corrected chi connectivity index (χ4v) is 12.3. The summed E-state index contributed by atoms with van der Waals surface area (Å²) in [5, 5.41) is 11.9. The maximum atomic E-state index is 13.0. The molecular formula is C81H155NO8. The van der Waals surface area contributed by atoms with E-state index in [-0.39, 0.29) is 32.2 Å². The van der Waals surface area contributed by atoms with E-state index in [4.69, 9.17) is 18.9 Å². The summed E-state index contributed by atoms with van der Waals surface area (Å²) in [6.07, 6.45) is 88.8. The van der Waals surface area contributed by atoms with Gasteiger partial charge < -0.3 is 33.3 Å². The minimum absolute atomic E-state index is 0.152. The van der Waals surface area contributed by atoms with Gasteiger partial charge in [0.1, 0.15) is 13.2 Å². The van der Waals surface area contributed by atoms with Gasteiger partial charge in [0.2, 0.25) is 0 Å². The van der Waals surface area contributed by atoms with Crippen LogP contribution >= 0.6 is 0 Å². The number of carbonyl (C=O) groups excluding carboxylic acids is 3. The Morgan fingerprint density at radius 3 is 0.878 bits per heavy atom. The van der Waals surface area contributed by atoms with E-state index in [0.29, 0.717) is 17.4 Å². The second kappa shape index (κ2) is 72.6. The topological polar surface area (TPSA) is 111 Å². The summed E-state index contributed by atoms with van der Waals surface area (Å²) >= 11 is 0. The second-order valence-electron chi connectivity index (χ2n) is 28.7. The van der Waals surface area contributed by atoms with Gasteiger partial charge in [0.15, 0.2) is 12.4 Å². The van der Waals surface area contributed by atoms with Gasteiger partial charge in [0.25, 0.3) is 0 Å². The van der Waals surface area contributed by atoms with Crippen LogP contribution < -0.4 is 5.11 Å². The zero-order valence-corrected chi connectivity index (χ0v) is 61.1. The van der Waals surface area contributed by atoms with E-state index >= 15 is 0 Å². The molecule has 0 aromatic heterocycles. The predicted molar refractivity (Wildman–Crippen MR) is 385 cm³/mol. The largest absolute Gasteiger partial charge is 0.545 e. The minimum Gasteiger partial charge on any atom is -0.545 e. The molecule has 2 unspecified atom stereocenters. The molecule has 0 N–H and O–H groups in total. The molecule has 0 amide bonds. The van der Waals surface area contributed by atoms with Crippen molar-refractivity contribution in [2.45, 2.75) is 431 Å². The third kappa shape index (κ3) is 73.2. The maximum absolute atomic E-state index is 13.0. The fourth-order valence-electron chi connectivity index (χ4n) is 12.3. The van der Waals surface area contributed by atoms with Crippen LogP contribution in [0.15, 0.2) is 24.3 Å². The van der Waals surface area contributed by atoms with Crippen molar-refractivity contribution in [1.82, 2.24) is 0 Å². The molecule has 0 aliphatic heterocycles. The molecular weight excluding hydrogens is 1110 g/mol. The van der Waals surface area contributed by atoms with E-state index < -0.39 is 24.3 Å². The van der Waals surface area contributed by atoms with E-state index in [1.54, 1.807) is 0 Å². The number of quaternary nitrogens is 1. The number of ether oxygens (including phenoxy) is 4. The number of nitrogens with zero attached hydrogens (tertiary/aromatic N) is 1. The smallest absolute Gasteiger partial charge is 0.306 e. The molecule has 0 bridgehead atoms. The molecule has 2 atom stereocenters. The summed E-state index contributed by atoms with van der Waals surface area (Å²) in [6, 6.07) is 0. The Balaban J connectivity index is 3.95. The fraction of sp³-hybridized carbons (Fsp3) is 0.914. The van der Waals surface area contributed by atoms with Crippen LogP contribution in [0.25, 0.3) is 0 Å². The van der Waals surface area contributed by atoms with E-state index in [2.05, 4.69) is 38.2 Å². The van der Waals surface area contributed by atoms with Gasteiger partial charge in [-0.15, -0.1) is 0 Å². The molecule has 0 rings (SSSR count). The van der Waals surface area contributed by atoms with Crippen molar-refractivity contribution < 1.29 is 42.9 Å². The first kappa shape index (κ1) is 87.8. The van der Waals surface area contributed by atoms with Gasteiger partial charge in [-0.25, -0.2) is 0 Å². The number of rotatable bonds is 76. The molecule has 0 aromatic carbocycles. The van der Waals surface area contributed by atoms with Crippen LogP contribution in [-0.4, -0.2) is 82.3 Å². The van der Waals surface area contributed by atoms with E-state index in [1.807, 2.05) is 21.1 Å². The molecule has 0 saturated heterocycles. The van der Waals surface area contributed by atoms with Gasteiger partial charge in [-0.05, 0) is 44.9 Å². The van der Waals surface area contributed by atoms with E-state index in [0.717, 1.165) is 44.9 Å². The molecule has 0 aromatic rings. The average molecular weight is 1270 g/mol. The zero-order chi connectivity index (χ0) is 65.4. The standard InChI is InChI=1S/C81H155NO8/c1-6-8-10-12-14-16-18-20-22-24-26-28-30-32-34-36-37-38-39-40-41-42-43-44-46-48-50-52-54-56-58-60-62-64-66-68-70-72-79(84)90-77(76-89-81(80(85)86)87-74-73-82(3,4)5)75-88-78(83)71-69-67-65-63-61-59-57-55-53-51-49-47-45-35-33-31-29-27-25-23-21-19-17-15-13-11-9-7-2/h18,20,24,26,77,81H,6-17,19,21-23,25,27-76H2,1-5H3/b20-18-,26-24-. The molecule has 0 aliphatic rings. The molecule has 0 saturated carbocycles. The van der Waals surface area contributed by atoms with Crippen molar-refractivity contribution >= 4 is 17.9 Å². The molecule has 0 spiro atoms. The summed E-state index contributed by atoms with van der Waals surface area (Å²) in [5.74, 6) is -2.24. The van der Waals surface area contributed by atoms with Crippen molar-refractivity contribution in [1.29, 1.82) is 0 Å². The van der Waals surface area contributed by atoms with Crippen molar-refractivity contribution in [3.05, 3.63) is 24.3 Å². The molecule has 90 heavy (non-hydrogen) atoms. The van der Waals surface area contributed by atoms with Gasteiger partial charge in [-0.2, -0.15) is 0 Å². The molecule has 0 fully saturated rings. The number of likely N-dealkylation sites (N-methyl/N-ethyl adjacent to an activating group) is 1. The van der Waals surface area contributed by atoms with Crippen LogP contribution in [0, 0.1) is 0 Å². The lowest BCUT2D eigenvalue weighted by Gasteiger charge is -2.26. The number of unbranched alkanes of at least 4 members (excludes halogenated alkanes) is 57. The summed E-state index contributed by atoms with van der Waals surface area (Å²) < 4.78 is 22.9. The number of hydrogen-bond donors (Lipinski definition) is 0. The van der Waals surface area contributed by atoms with Crippen molar-refractivity contribution in [3.63, 3.8) is 0 Å². The minimum atomic E-state index is -1.62. The average Bonchev–Trinajstić information content (AvgIpc) is 3.74. The SMILES string of the molecule is CCCCCCC/C=C\C/C=C\CCCCCCCCCCCCCCCCCCCCCCCCCCCC(=O)OC(COC(=O)CCCCCCCCCCCCCCCCCCCCCCCCCCCCCC)COC(OCC[N+](C)(C)C)C(=O)[O-]. The summed E-state index contributed by atoms with van der Waals surface area (Å²) in [6.45, 7) is 4.83. The van der Waals surface area contributed by atoms with Crippen LogP contribution in [0.2, 0.25) is 0 Å². The van der Waals surface area contributed by atoms with Crippen LogP contribution in [-0.2, 0) is 33.3 Å². The molecule has 9 nitrogen and oxygen atoms in total. The maximum Gasteiger partial charge on any atom is 0.306 e. The monoisotopic (exact) mass is 1270 g/mol. The number of esters is 2. The highest BCUT2D eigenvalue weighted by Crippen LogP contribution is 2.20. The Bertz CT molecular complexity index is 1530. The Kier molecular flexibility index (Phi) is 70.8. The summed E-state index contributed by atoms with van der Waals surface area (Å²) in [4.78, 5) is 37.6. The Labute approximate surface area is 560 Å². The van der Waals surface area contributed by atoms with Crippen molar-refractivity contribution in [2.24, 2.45) is 0 Å². The third-order valence-corrected chi connectivity index (χ3v) is 18.5. The molecule has 9 heteroatoms. The number of carboxylic acids is 1. The van der Waals surface area contributed by atoms with E-state index in [1.165, 1.54) is 347 Å². The number of hydrogen-bond acceptors (Lipinski definition) is 8. The van der Waals surface area contributed by atoms with Crippen molar-refractivity contribution in [3.8, 4) is 0 Å². The number of carboxylic acid groups (broad SMARTS) is 1. The van der Waals surface area contributed by atoms with Crippen LogP contribution in [0.1, 0.15) is 418 Å². The summed E-state index contributed by atoms with van der Waals surface area (Å²) in [5.41, 5.74) is 0. The summed E-state index contributed by atoms with van der Waals surface area (Å²) in [7, 11) is 5.95. The number of carbonyl (C=O) groups is 3. The van der Waals surface area contributed by atoms with Crippen LogP contribution in [0.3, 0.4) is 0 Å². The highest BCUT2D eigenvalue weighted by atomic mass is 16.7. The van der Waals surface area contributed by atoms with Crippen molar-refractivity contribution in [2.75, 3.05) is 47.5 Å². The van der Waals surface area contributed by atoms with Gasteiger partial charge in [-0.3, -0.25) is 9.59 Å². The lowest BCUT2D eigenvalue weighted by atomic mass is 10.0. The molecule has 532 valence electrons. The molecule has 0 radical (unpaired) electrons. The lowest BCUT2D eigenvalue weighted by molar-refractivity contribution is -0.870. The van der Waals surface area contributed by atoms with Crippen LogP contribution in [0.5, 0.6) is 0 Å². The predicted octanol–water partition coefficient (Wildman–Crippen LogP) is 24.0. The first-order valence-electron chi connectivity index (χ1n) is 40.0. The molecule has 0 heterocycles. The van der Waals surface area contributed by atoms with Gasteiger partial charge in [-0.1, -0.05) is 385 Å². The first-order chi connectivity index (χ1) is 44.1. The van der Waals surface area contributed by atoms with Crippen LogP contribution in [0.4, 0.5) is 0 Å². The second-order valence-corrected chi connectivity index (χ2v) is 28.7. The highest BCUT2D eigenvalue weighted by Gasteiger charge is 2.22. The quantitative estimate of drug-likeness (QED) is 0.0195. The zero-order valence-electron chi connectivity index (χ0n) is 61.1. The molecule has 0 aliphatic carbocycles. The van der Waals surface area contributed by atoms with Gasteiger partial charge >= 0.3 is 11.9 Å². The lowest BCUT2D eigenvalue weighted by Crippen LogP contribution is -2.44. The number of allylic oxidation sites excluding steroid dienone is 4. The highest BCUT2D eigenvalue weighted by molar-refractivity contribution is 5.70. The van der Waals surface area contributed by atoms with Gasteiger partial charge in [0.05, 0.1) is 40.3 Å². The normalized spacial score (nSPS) is 12.7. The Morgan fingerprint density at radius 1 is 0.333 bits per heavy atom. The number of aliphatic carboxylic acids is 1. The van der Waals surface area contributed by atoms with Gasteiger partial charge in [0, 0.05) is 12.8 Å². The van der Waals surface area contributed by atoms with E-state index in [9.17, 15) is 19.5 Å². The Hall–Kier alpha value is -2.23. The Morgan fingerprint density at radius 2 is 0.600 bits per heavy atom. The first-order valence-corrected chi connectivity index (χ1v) is 40.0.